The van der Waals surface area contributed by atoms with E-state index in [0.717, 1.165) is 19.5 Å². The summed E-state index contributed by atoms with van der Waals surface area (Å²) in [6, 6.07) is 10.2. The minimum absolute atomic E-state index is 0.359. The molecule has 1 rings (SSSR count). The van der Waals surface area contributed by atoms with E-state index < -0.39 is 0 Å². The molecule has 15 heavy (non-hydrogen) atoms. The van der Waals surface area contributed by atoms with Gasteiger partial charge in [0.25, 0.3) is 0 Å². The first-order valence-electron chi connectivity index (χ1n) is 5.59. The molecule has 0 aromatic heterocycles. The number of hydrogen-bond acceptors (Lipinski definition) is 2. The molecule has 0 saturated heterocycles. The fraction of sp³-hybridized carbons (Fsp3) is 0.462. The van der Waals surface area contributed by atoms with Gasteiger partial charge in [-0.05, 0) is 12.0 Å². The second-order valence-corrected chi connectivity index (χ2v) is 3.70. The Hall–Kier alpha value is -1.15. The molecular weight excluding hydrogens is 186 g/mol. The molecule has 0 heterocycles. The summed E-state index contributed by atoms with van der Waals surface area (Å²) in [7, 11) is 0. The number of Topliss-reactive ketones (excluding diaryl/α,β-unsaturated/α-hetero) is 1. The van der Waals surface area contributed by atoms with Crippen LogP contribution in [0.25, 0.3) is 0 Å². The Morgan fingerprint density at radius 1 is 1.20 bits per heavy atom. The minimum atomic E-state index is 0.359. The van der Waals surface area contributed by atoms with Gasteiger partial charge in [0.15, 0.2) is 0 Å². The summed E-state index contributed by atoms with van der Waals surface area (Å²) in [6.07, 6.45) is 2.32. The molecule has 82 valence electrons. The summed E-state index contributed by atoms with van der Waals surface area (Å²) in [5.74, 6) is 0.359. The fourth-order valence-corrected chi connectivity index (χ4v) is 1.46. The summed E-state index contributed by atoms with van der Waals surface area (Å²) in [5, 5.41) is 3.27. The molecule has 0 fully saturated rings. The maximum atomic E-state index is 11.2. The topological polar surface area (TPSA) is 29.1 Å². The van der Waals surface area contributed by atoms with E-state index in [1.54, 1.807) is 0 Å². The van der Waals surface area contributed by atoms with Crippen molar-refractivity contribution in [2.75, 3.05) is 6.54 Å². The van der Waals surface area contributed by atoms with Crippen LogP contribution in [0.1, 0.15) is 31.7 Å². The highest BCUT2D eigenvalue weighted by Gasteiger charge is 1.98. The van der Waals surface area contributed by atoms with E-state index in [-0.39, 0.29) is 0 Å². The Labute approximate surface area is 91.7 Å². The van der Waals surface area contributed by atoms with Crippen LogP contribution < -0.4 is 5.32 Å². The number of benzene rings is 1. The molecule has 0 radical (unpaired) electrons. The normalized spacial score (nSPS) is 10.2. The van der Waals surface area contributed by atoms with Gasteiger partial charge < -0.3 is 5.32 Å². The number of nitrogens with one attached hydrogen (secondary N) is 1. The standard InChI is InChI=1S/C13H19NO/c1-2-6-13(15)9-10-14-11-12-7-4-3-5-8-12/h3-5,7-8,14H,2,6,9-11H2,1H3. The number of rotatable bonds is 7. The molecule has 2 nitrogen and oxygen atoms in total. The van der Waals surface area contributed by atoms with Crippen LogP contribution in [0.5, 0.6) is 0 Å². The van der Waals surface area contributed by atoms with Crippen LogP contribution in [-0.4, -0.2) is 12.3 Å². The van der Waals surface area contributed by atoms with Crippen LogP contribution >= 0.6 is 0 Å². The molecule has 0 unspecified atom stereocenters. The Morgan fingerprint density at radius 2 is 1.93 bits per heavy atom. The molecule has 0 aliphatic rings. The first kappa shape index (κ1) is 11.9. The lowest BCUT2D eigenvalue weighted by atomic mass is 10.2. The fourth-order valence-electron chi connectivity index (χ4n) is 1.46. The van der Waals surface area contributed by atoms with E-state index in [0.29, 0.717) is 18.6 Å². The van der Waals surface area contributed by atoms with Crippen LogP contribution in [0.2, 0.25) is 0 Å². The number of hydrogen-bond donors (Lipinski definition) is 1. The molecule has 0 bridgehead atoms. The Balaban J connectivity index is 2.10. The zero-order chi connectivity index (χ0) is 10.9. The zero-order valence-corrected chi connectivity index (χ0v) is 9.33. The van der Waals surface area contributed by atoms with Gasteiger partial charge in [0.2, 0.25) is 0 Å². The smallest absolute Gasteiger partial charge is 0.134 e. The van der Waals surface area contributed by atoms with Crippen LogP contribution in [0.4, 0.5) is 0 Å². The van der Waals surface area contributed by atoms with Gasteiger partial charge in [-0.15, -0.1) is 0 Å². The average molecular weight is 205 g/mol. The third-order valence-electron chi connectivity index (χ3n) is 2.28. The molecule has 0 aliphatic carbocycles. The zero-order valence-electron chi connectivity index (χ0n) is 9.33. The lowest BCUT2D eigenvalue weighted by molar-refractivity contribution is -0.119. The lowest BCUT2D eigenvalue weighted by Gasteiger charge is -2.03. The molecule has 2 heteroatoms. The summed E-state index contributed by atoms with van der Waals surface area (Å²) in [5.41, 5.74) is 1.26. The lowest BCUT2D eigenvalue weighted by Crippen LogP contribution is -2.17. The van der Waals surface area contributed by atoms with Gasteiger partial charge in [-0.2, -0.15) is 0 Å². The molecule has 0 atom stereocenters. The van der Waals surface area contributed by atoms with Crippen molar-refractivity contribution >= 4 is 5.78 Å². The molecule has 1 aromatic rings. The SMILES string of the molecule is CCCC(=O)CCNCc1ccccc1. The van der Waals surface area contributed by atoms with E-state index in [1.807, 2.05) is 25.1 Å². The Bertz CT molecular complexity index is 282. The molecule has 1 aromatic carbocycles. The first-order valence-corrected chi connectivity index (χ1v) is 5.59. The number of carbonyl (C=O) groups excluding carboxylic acids is 1. The molecule has 0 spiro atoms. The van der Waals surface area contributed by atoms with Crippen LogP contribution in [0.15, 0.2) is 30.3 Å². The van der Waals surface area contributed by atoms with Crippen LogP contribution in [-0.2, 0) is 11.3 Å². The number of carbonyl (C=O) groups is 1. The third-order valence-corrected chi connectivity index (χ3v) is 2.28. The highest BCUT2D eigenvalue weighted by atomic mass is 16.1. The summed E-state index contributed by atoms with van der Waals surface area (Å²) < 4.78 is 0. The monoisotopic (exact) mass is 205 g/mol. The molecule has 0 amide bonds. The van der Waals surface area contributed by atoms with Crippen molar-refractivity contribution < 1.29 is 4.79 Å². The quantitative estimate of drug-likeness (QED) is 0.693. The Kier molecular flexibility index (Phi) is 5.71. The number of ketones is 1. The summed E-state index contributed by atoms with van der Waals surface area (Å²) in [6.45, 7) is 3.67. The van der Waals surface area contributed by atoms with E-state index in [2.05, 4.69) is 17.4 Å². The van der Waals surface area contributed by atoms with Crippen LogP contribution in [0, 0.1) is 0 Å². The van der Waals surface area contributed by atoms with Gasteiger partial charge in [-0.3, -0.25) is 4.79 Å². The van der Waals surface area contributed by atoms with E-state index in [4.69, 9.17) is 0 Å². The maximum absolute atomic E-state index is 11.2. The largest absolute Gasteiger partial charge is 0.312 e. The van der Waals surface area contributed by atoms with Crippen LogP contribution in [0.3, 0.4) is 0 Å². The highest BCUT2D eigenvalue weighted by molar-refractivity contribution is 5.78. The van der Waals surface area contributed by atoms with Crippen molar-refractivity contribution in [3.63, 3.8) is 0 Å². The van der Waals surface area contributed by atoms with Gasteiger partial charge in [0, 0.05) is 25.9 Å². The van der Waals surface area contributed by atoms with Gasteiger partial charge in [0.1, 0.15) is 5.78 Å². The molecule has 0 aliphatic heterocycles. The van der Waals surface area contributed by atoms with Gasteiger partial charge in [0.05, 0.1) is 0 Å². The summed E-state index contributed by atoms with van der Waals surface area (Å²) in [4.78, 5) is 11.2. The van der Waals surface area contributed by atoms with E-state index in [1.165, 1.54) is 5.56 Å². The summed E-state index contributed by atoms with van der Waals surface area (Å²) >= 11 is 0. The third kappa shape index (κ3) is 5.33. The molecule has 0 saturated carbocycles. The van der Waals surface area contributed by atoms with Crippen molar-refractivity contribution in [2.45, 2.75) is 32.7 Å². The highest BCUT2D eigenvalue weighted by Crippen LogP contribution is 1.98. The van der Waals surface area contributed by atoms with Gasteiger partial charge in [-0.1, -0.05) is 37.3 Å². The predicted octanol–water partition coefficient (Wildman–Crippen LogP) is 2.54. The van der Waals surface area contributed by atoms with E-state index >= 15 is 0 Å². The van der Waals surface area contributed by atoms with Crippen molar-refractivity contribution in [2.24, 2.45) is 0 Å². The van der Waals surface area contributed by atoms with Gasteiger partial charge >= 0.3 is 0 Å². The Morgan fingerprint density at radius 3 is 2.60 bits per heavy atom. The second-order valence-electron chi connectivity index (χ2n) is 3.70. The minimum Gasteiger partial charge on any atom is -0.312 e. The first-order chi connectivity index (χ1) is 7.33. The average Bonchev–Trinajstić information content (AvgIpc) is 2.26. The predicted molar refractivity (Wildman–Crippen MR) is 62.7 cm³/mol. The van der Waals surface area contributed by atoms with Gasteiger partial charge in [-0.25, -0.2) is 0 Å². The van der Waals surface area contributed by atoms with Crippen molar-refractivity contribution in [3.05, 3.63) is 35.9 Å². The van der Waals surface area contributed by atoms with Crippen molar-refractivity contribution in [1.82, 2.24) is 5.32 Å². The van der Waals surface area contributed by atoms with Crippen molar-refractivity contribution in [3.8, 4) is 0 Å². The molecule has 1 N–H and O–H groups in total. The second kappa shape index (κ2) is 7.18. The molecular formula is C13H19NO. The van der Waals surface area contributed by atoms with E-state index in [9.17, 15) is 4.79 Å². The van der Waals surface area contributed by atoms with Crippen molar-refractivity contribution in [1.29, 1.82) is 0 Å². The maximum Gasteiger partial charge on any atom is 0.134 e.